The van der Waals surface area contributed by atoms with Gasteiger partial charge in [0.15, 0.2) is 6.10 Å². The average Bonchev–Trinajstić information content (AvgIpc) is 3.15. The van der Waals surface area contributed by atoms with Crippen LogP contribution in [-0.4, -0.2) is 42.8 Å². The minimum Gasteiger partial charge on any atom is -0.449 e. The smallest absolute Gasteiger partial charge is 0.339 e. The van der Waals surface area contributed by atoms with Crippen LogP contribution in [0.3, 0.4) is 0 Å². The first-order chi connectivity index (χ1) is 18.9. The van der Waals surface area contributed by atoms with E-state index >= 15 is 0 Å². The van der Waals surface area contributed by atoms with Gasteiger partial charge in [-0.3, -0.25) is 19.0 Å². The SMILES string of the molecule is Cc1ccc(S(=O)(=O)Nc2c(C)n(C)n(-c3ccccc3)c2=O)cc1C(=O)O[C@@H](C)C(=O)N(C)c1ccccc1. The molecule has 3 aromatic carbocycles. The molecule has 1 N–H and O–H groups in total. The molecule has 0 bridgehead atoms. The Morgan fingerprint density at radius 3 is 2.17 bits per heavy atom. The Labute approximate surface area is 232 Å². The van der Waals surface area contributed by atoms with Crippen LogP contribution in [0.5, 0.6) is 0 Å². The summed E-state index contributed by atoms with van der Waals surface area (Å²) in [7, 11) is -1.05. The van der Waals surface area contributed by atoms with Crippen molar-refractivity contribution in [3.63, 3.8) is 0 Å². The third kappa shape index (κ3) is 5.55. The minimum atomic E-state index is -4.27. The fourth-order valence-electron chi connectivity index (χ4n) is 4.19. The van der Waals surface area contributed by atoms with Crippen LogP contribution in [0.25, 0.3) is 5.69 Å². The highest BCUT2D eigenvalue weighted by atomic mass is 32.2. The predicted octanol–water partition coefficient (Wildman–Crippen LogP) is 3.80. The summed E-state index contributed by atoms with van der Waals surface area (Å²) in [5.74, 6) is -1.30. The predicted molar refractivity (Wildman–Crippen MR) is 152 cm³/mol. The van der Waals surface area contributed by atoms with Gasteiger partial charge in [-0.15, -0.1) is 0 Å². The zero-order chi connectivity index (χ0) is 29.2. The maximum atomic E-state index is 13.3. The van der Waals surface area contributed by atoms with Crippen LogP contribution >= 0.6 is 0 Å². The van der Waals surface area contributed by atoms with Crippen molar-refractivity contribution in [1.82, 2.24) is 9.36 Å². The Bertz CT molecular complexity index is 1730. The number of para-hydroxylation sites is 2. The van der Waals surface area contributed by atoms with E-state index in [9.17, 15) is 22.8 Å². The summed E-state index contributed by atoms with van der Waals surface area (Å²) < 4.78 is 37.4. The molecule has 0 saturated carbocycles. The van der Waals surface area contributed by atoms with Crippen molar-refractivity contribution in [2.24, 2.45) is 7.05 Å². The van der Waals surface area contributed by atoms with Gasteiger partial charge < -0.3 is 9.64 Å². The molecule has 208 valence electrons. The average molecular weight is 563 g/mol. The number of aromatic nitrogens is 2. The zero-order valence-electron chi connectivity index (χ0n) is 22.8. The molecule has 11 heteroatoms. The molecule has 4 rings (SSSR count). The molecule has 0 spiro atoms. The van der Waals surface area contributed by atoms with E-state index < -0.39 is 33.6 Å². The number of nitrogens with zero attached hydrogens (tertiary/aromatic N) is 3. The van der Waals surface area contributed by atoms with Gasteiger partial charge in [0, 0.05) is 19.8 Å². The van der Waals surface area contributed by atoms with Gasteiger partial charge in [-0.05, 0) is 62.7 Å². The lowest BCUT2D eigenvalue weighted by Gasteiger charge is -2.22. The number of hydrogen-bond donors (Lipinski definition) is 1. The molecule has 1 atom stereocenters. The van der Waals surface area contributed by atoms with E-state index in [0.717, 1.165) is 0 Å². The van der Waals surface area contributed by atoms with E-state index in [1.165, 1.54) is 34.7 Å². The summed E-state index contributed by atoms with van der Waals surface area (Å²) in [4.78, 5) is 40.2. The lowest BCUT2D eigenvalue weighted by atomic mass is 10.1. The second-order valence-corrected chi connectivity index (χ2v) is 11.0. The van der Waals surface area contributed by atoms with Gasteiger partial charge in [0.25, 0.3) is 21.5 Å². The van der Waals surface area contributed by atoms with Gasteiger partial charge in [-0.25, -0.2) is 17.9 Å². The second kappa shape index (κ2) is 11.2. The van der Waals surface area contributed by atoms with Gasteiger partial charge in [0.05, 0.1) is 21.8 Å². The maximum Gasteiger partial charge on any atom is 0.339 e. The molecule has 0 aliphatic carbocycles. The molecule has 10 nitrogen and oxygen atoms in total. The topological polar surface area (TPSA) is 120 Å². The van der Waals surface area contributed by atoms with Crippen molar-refractivity contribution in [1.29, 1.82) is 0 Å². The number of hydrogen-bond acceptors (Lipinski definition) is 6. The third-order valence-corrected chi connectivity index (χ3v) is 7.98. The van der Waals surface area contributed by atoms with Crippen LogP contribution in [0.15, 0.2) is 88.6 Å². The molecule has 0 aliphatic rings. The van der Waals surface area contributed by atoms with Crippen LogP contribution in [0, 0.1) is 13.8 Å². The van der Waals surface area contributed by atoms with Crippen LogP contribution in [0.4, 0.5) is 11.4 Å². The maximum absolute atomic E-state index is 13.3. The number of esters is 1. The van der Waals surface area contributed by atoms with E-state index in [0.29, 0.717) is 22.6 Å². The Balaban J connectivity index is 1.58. The van der Waals surface area contributed by atoms with E-state index in [2.05, 4.69) is 4.72 Å². The summed E-state index contributed by atoms with van der Waals surface area (Å²) in [6, 6.07) is 21.7. The normalized spacial score (nSPS) is 12.0. The number of aryl methyl sites for hydroxylation is 1. The number of anilines is 2. The number of carbonyl (C=O) groups excluding carboxylic acids is 2. The summed E-state index contributed by atoms with van der Waals surface area (Å²) >= 11 is 0. The highest BCUT2D eigenvalue weighted by Gasteiger charge is 2.27. The minimum absolute atomic E-state index is 0.0173. The summed E-state index contributed by atoms with van der Waals surface area (Å²) in [5.41, 5.74) is 1.40. The van der Waals surface area contributed by atoms with E-state index in [1.807, 2.05) is 12.1 Å². The molecule has 0 radical (unpaired) electrons. The molecule has 1 aromatic heterocycles. The largest absolute Gasteiger partial charge is 0.449 e. The number of sulfonamides is 1. The molecule has 0 fully saturated rings. The molecule has 1 amide bonds. The molecular formula is C29H30N4O6S. The van der Waals surface area contributed by atoms with Crippen molar-refractivity contribution < 1.29 is 22.7 Å². The standard InChI is InChI=1S/C29H30N4O6S/c1-19-16-17-24(18-25(19)29(36)39-21(3)27(34)31(4)22-12-8-6-9-13-22)40(37,38)30-26-20(2)32(5)33(28(26)35)23-14-10-7-11-15-23/h6-18,21,30H,1-5H3/t21-/m0/s1. The number of rotatable bonds is 8. The van der Waals surface area contributed by atoms with Crippen LogP contribution in [0.2, 0.25) is 0 Å². The van der Waals surface area contributed by atoms with Crippen molar-refractivity contribution in [3.8, 4) is 5.69 Å². The zero-order valence-corrected chi connectivity index (χ0v) is 23.6. The molecule has 40 heavy (non-hydrogen) atoms. The first-order valence-electron chi connectivity index (χ1n) is 12.4. The van der Waals surface area contributed by atoms with Gasteiger partial charge in [0.1, 0.15) is 5.69 Å². The first-order valence-corrected chi connectivity index (χ1v) is 13.9. The van der Waals surface area contributed by atoms with Gasteiger partial charge in [-0.2, -0.15) is 0 Å². The lowest BCUT2D eigenvalue weighted by Crippen LogP contribution is -2.37. The van der Waals surface area contributed by atoms with Gasteiger partial charge in [0.2, 0.25) is 0 Å². The van der Waals surface area contributed by atoms with Crippen LogP contribution in [0.1, 0.15) is 28.5 Å². The van der Waals surface area contributed by atoms with E-state index in [1.54, 1.807) is 81.2 Å². The van der Waals surface area contributed by atoms with Crippen molar-refractivity contribution >= 4 is 33.3 Å². The molecule has 4 aromatic rings. The Morgan fingerprint density at radius 1 is 0.950 bits per heavy atom. The van der Waals surface area contributed by atoms with Gasteiger partial charge >= 0.3 is 5.97 Å². The molecular weight excluding hydrogens is 532 g/mol. The van der Waals surface area contributed by atoms with Crippen molar-refractivity contribution in [3.05, 3.63) is 106 Å². The summed E-state index contributed by atoms with van der Waals surface area (Å²) in [5, 5.41) is 0. The quantitative estimate of drug-likeness (QED) is 0.326. The number of carbonyl (C=O) groups is 2. The van der Waals surface area contributed by atoms with Crippen LogP contribution < -0.4 is 15.2 Å². The molecule has 0 aliphatic heterocycles. The fraction of sp³-hybridized carbons (Fsp3) is 0.207. The summed E-state index contributed by atoms with van der Waals surface area (Å²) in [6.45, 7) is 4.71. The summed E-state index contributed by atoms with van der Waals surface area (Å²) in [6.07, 6.45) is -1.13. The number of likely N-dealkylation sites (N-methyl/N-ethyl adjacent to an activating group) is 1. The van der Waals surface area contributed by atoms with E-state index in [4.69, 9.17) is 4.74 Å². The fourth-order valence-corrected chi connectivity index (χ4v) is 5.34. The monoisotopic (exact) mass is 562 g/mol. The van der Waals surface area contributed by atoms with E-state index in [-0.39, 0.29) is 16.1 Å². The van der Waals surface area contributed by atoms with Crippen molar-refractivity contribution in [2.45, 2.75) is 31.8 Å². The second-order valence-electron chi connectivity index (χ2n) is 9.30. The van der Waals surface area contributed by atoms with Gasteiger partial charge in [-0.1, -0.05) is 42.5 Å². The highest BCUT2D eigenvalue weighted by molar-refractivity contribution is 7.92. The Hall–Kier alpha value is -4.64. The molecule has 1 heterocycles. The number of benzene rings is 3. The van der Waals surface area contributed by atoms with Crippen molar-refractivity contribution in [2.75, 3.05) is 16.7 Å². The number of ether oxygens (including phenoxy) is 1. The first kappa shape index (κ1) is 28.4. The lowest BCUT2D eigenvalue weighted by molar-refractivity contribution is -0.126. The van der Waals surface area contributed by atoms with Crippen LogP contribution in [-0.2, 0) is 26.6 Å². The number of amides is 1. The molecule has 0 unspecified atom stereocenters. The highest BCUT2D eigenvalue weighted by Crippen LogP contribution is 2.22. The number of nitrogens with one attached hydrogen (secondary N) is 1. The molecule has 0 saturated heterocycles. The third-order valence-electron chi connectivity index (χ3n) is 6.64. The Morgan fingerprint density at radius 2 is 1.55 bits per heavy atom. The Kier molecular flexibility index (Phi) is 7.96.